The van der Waals surface area contributed by atoms with Gasteiger partial charge in [0.05, 0.1) is 11.3 Å². The van der Waals surface area contributed by atoms with Crippen molar-refractivity contribution in [3.63, 3.8) is 0 Å². The highest BCUT2D eigenvalue weighted by Crippen LogP contribution is 2.42. The lowest BCUT2D eigenvalue weighted by atomic mass is 9.71. The van der Waals surface area contributed by atoms with E-state index in [4.69, 9.17) is 0 Å². The molecule has 2 aromatic carbocycles. The van der Waals surface area contributed by atoms with Crippen molar-refractivity contribution in [2.24, 2.45) is 11.8 Å². The van der Waals surface area contributed by atoms with Crippen LogP contribution in [0.2, 0.25) is 0 Å². The highest BCUT2D eigenvalue weighted by Gasteiger charge is 2.50. The largest absolute Gasteiger partial charge is 0.353 e. The van der Waals surface area contributed by atoms with Crippen molar-refractivity contribution >= 4 is 15.9 Å². The number of rotatable bonds is 5. The van der Waals surface area contributed by atoms with Crippen LogP contribution in [0.4, 0.5) is 0 Å². The third-order valence-corrected chi connectivity index (χ3v) is 7.83. The molecule has 0 radical (unpaired) electrons. The zero-order valence-electron chi connectivity index (χ0n) is 16.3. The number of nitrogens with one attached hydrogen (secondary N) is 1. The van der Waals surface area contributed by atoms with Gasteiger partial charge in [-0.15, -0.1) is 0 Å². The van der Waals surface area contributed by atoms with E-state index in [9.17, 15) is 13.2 Å². The molecule has 2 aliphatic rings. The fourth-order valence-corrected chi connectivity index (χ4v) is 5.89. The van der Waals surface area contributed by atoms with Gasteiger partial charge in [0.15, 0.2) is 0 Å². The van der Waals surface area contributed by atoms with Gasteiger partial charge in [-0.3, -0.25) is 4.79 Å². The maximum absolute atomic E-state index is 12.9. The van der Waals surface area contributed by atoms with Crippen LogP contribution in [0.25, 0.3) is 0 Å². The molecule has 148 valence electrons. The first-order valence-electron chi connectivity index (χ1n) is 9.74. The minimum absolute atomic E-state index is 0.00823. The van der Waals surface area contributed by atoms with E-state index in [1.54, 1.807) is 16.4 Å². The predicted molar refractivity (Wildman–Crippen MR) is 108 cm³/mol. The number of carbonyl (C=O) groups is 1. The van der Waals surface area contributed by atoms with Crippen LogP contribution in [-0.2, 0) is 21.2 Å². The quantitative estimate of drug-likeness (QED) is 0.842. The topological polar surface area (TPSA) is 66.5 Å². The Hall–Kier alpha value is -2.18. The second-order valence-electron chi connectivity index (χ2n) is 8.13. The molecule has 2 aromatic rings. The molecular weight excluding hydrogens is 372 g/mol. The van der Waals surface area contributed by atoms with Crippen molar-refractivity contribution in [1.82, 2.24) is 9.62 Å². The minimum atomic E-state index is -3.47. The van der Waals surface area contributed by atoms with Crippen LogP contribution in [-0.4, -0.2) is 37.8 Å². The summed E-state index contributed by atoms with van der Waals surface area (Å²) in [4.78, 5) is 12.8. The molecule has 3 atom stereocenters. The van der Waals surface area contributed by atoms with E-state index in [2.05, 4.69) is 5.32 Å². The summed E-state index contributed by atoms with van der Waals surface area (Å²) < 4.78 is 27.4. The first kappa shape index (κ1) is 19.2. The van der Waals surface area contributed by atoms with E-state index < -0.39 is 10.0 Å². The van der Waals surface area contributed by atoms with Gasteiger partial charge in [-0.05, 0) is 49.8 Å². The van der Waals surface area contributed by atoms with Crippen molar-refractivity contribution < 1.29 is 13.2 Å². The van der Waals surface area contributed by atoms with Crippen molar-refractivity contribution in [2.45, 2.75) is 37.6 Å². The van der Waals surface area contributed by atoms with Gasteiger partial charge in [0.2, 0.25) is 15.9 Å². The second-order valence-corrected chi connectivity index (χ2v) is 10.1. The Morgan fingerprint density at radius 3 is 2.54 bits per heavy atom. The number of sulfonamides is 1. The molecule has 6 heteroatoms. The zero-order chi connectivity index (χ0) is 19.9. The van der Waals surface area contributed by atoms with E-state index in [0.717, 1.165) is 23.1 Å². The molecule has 0 unspecified atom stereocenters. The normalized spacial score (nSPS) is 24.4. The number of hydrogen-bond donors (Lipinski definition) is 1. The molecular formula is C22H26N2O3S. The van der Waals surface area contributed by atoms with Crippen molar-refractivity contribution in [2.75, 3.05) is 13.1 Å². The minimum Gasteiger partial charge on any atom is -0.353 e. The van der Waals surface area contributed by atoms with Crippen LogP contribution in [0, 0.1) is 25.7 Å². The SMILES string of the molecule is Cc1ccc(S(=O)(=O)N2C[C@H]3C[C@H](NC(=O)Cc4cccc(C)c4)[C@H]3C2)cc1. The van der Waals surface area contributed by atoms with E-state index in [1.807, 2.05) is 50.2 Å². The summed E-state index contributed by atoms with van der Waals surface area (Å²) in [5.74, 6) is 0.556. The molecule has 2 fully saturated rings. The first-order valence-corrected chi connectivity index (χ1v) is 11.2. The molecule has 4 rings (SSSR count). The monoisotopic (exact) mass is 398 g/mol. The number of benzene rings is 2. The van der Waals surface area contributed by atoms with E-state index in [1.165, 1.54) is 0 Å². The maximum atomic E-state index is 12.9. The summed E-state index contributed by atoms with van der Waals surface area (Å²) in [6.45, 7) is 4.98. The Balaban J connectivity index is 1.36. The smallest absolute Gasteiger partial charge is 0.243 e. The maximum Gasteiger partial charge on any atom is 0.243 e. The summed E-state index contributed by atoms with van der Waals surface area (Å²) in [5.41, 5.74) is 3.18. The summed E-state index contributed by atoms with van der Waals surface area (Å²) in [6, 6.07) is 15.0. The van der Waals surface area contributed by atoms with Crippen LogP contribution in [0.3, 0.4) is 0 Å². The van der Waals surface area contributed by atoms with Gasteiger partial charge >= 0.3 is 0 Å². The van der Waals surface area contributed by atoms with Crippen molar-refractivity contribution in [1.29, 1.82) is 0 Å². The lowest BCUT2D eigenvalue weighted by Crippen LogP contribution is -2.52. The molecule has 0 bridgehead atoms. The van der Waals surface area contributed by atoms with E-state index in [0.29, 0.717) is 30.3 Å². The molecule has 1 saturated carbocycles. The predicted octanol–water partition coefficient (Wildman–Crippen LogP) is 2.67. The van der Waals surface area contributed by atoms with Gasteiger partial charge in [-0.2, -0.15) is 4.31 Å². The van der Waals surface area contributed by atoms with Crippen LogP contribution in [0.5, 0.6) is 0 Å². The number of amides is 1. The molecule has 5 nitrogen and oxygen atoms in total. The fourth-order valence-electron chi connectivity index (χ4n) is 4.35. The lowest BCUT2D eigenvalue weighted by molar-refractivity contribution is -0.122. The number of nitrogens with zero attached hydrogens (tertiary/aromatic N) is 1. The van der Waals surface area contributed by atoms with E-state index >= 15 is 0 Å². The molecule has 1 N–H and O–H groups in total. The Bertz CT molecular complexity index is 985. The van der Waals surface area contributed by atoms with Crippen LogP contribution in [0.1, 0.15) is 23.1 Å². The first-order chi connectivity index (χ1) is 13.3. The third kappa shape index (κ3) is 3.71. The standard InChI is InChI=1S/C22H26N2O3S/c1-15-6-8-19(9-7-15)28(26,27)24-13-18-12-21(20(18)14-24)23-22(25)11-17-5-3-4-16(2)10-17/h3-10,18,20-21H,11-14H2,1-2H3,(H,23,25)/t18-,20+,21+/m1/s1. The van der Waals surface area contributed by atoms with Crippen LogP contribution < -0.4 is 5.32 Å². The Kier molecular flexibility index (Phi) is 5.02. The highest BCUT2D eigenvalue weighted by atomic mass is 32.2. The zero-order valence-corrected chi connectivity index (χ0v) is 17.1. The van der Waals surface area contributed by atoms with Gasteiger partial charge in [-0.25, -0.2) is 8.42 Å². The van der Waals surface area contributed by atoms with E-state index in [-0.39, 0.29) is 17.9 Å². The van der Waals surface area contributed by atoms with Crippen LogP contribution in [0.15, 0.2) is 53.4 Å². The lowest BCUT2D eigenvalue weighted by Gasteiger charge is -2.39. The number of aryl methyl sites for hydroxylation is 2. The number of carbonyl (C=O) groups excluding carboxylic acids is 1. The Labute approximate surface area is 166 Å². The van der Waals surface area contributed by atoms with Gasteiger partial charge in [0.25, 0.3) is 0 Å². The summed E-state index contributed by atoms with van der Waals surface area (Å²) in [6.07, 6.45) is 1.21. The van der Waals surface area contributed by atoms with Crippen molar-refractivity contribution in [3.05, 3.63) is 65.2 Å². The molecule has 1 aliphatic heterocycles. The molecule has 0 spiro atoms. The molecule has 0 aromatic heterocycles. The molecule has 1 amide bonds. The average molecular weight is 399 g/mol. The highest BCUT2D eigenvalue weighted by molar-refractivity contribution is 7.89. The summed E-state index contributed by atoms with van der Waals surface area (Å²) in [5, 5.41) is 3.11. The van der Waals surface area contributed by atoms with Crippen molar-refractivity contribution in [3.8, 4) is 0 Å². The number of hydrogen-bond acceptors (Lipinski definition) is 3. The number of fused-ring (bicyclic) bond motifs is 1. The Morgan fingerprint density at radius 1 is 1.07 bits per heavy atom. The molecule has 28 heavy (non-hydrogen) atoms. The fraction of sp³-hybridized carbons (Fsp3) is 0.409. The van der Waals surface area contributed by atoms with Crippen LogP contribution >= 0.6 is 0 Å². The molecule has 1 saturated heterocycles. The summed E-state index contributed by atoms with van der Waals surface area (Å²) >= 11 is 0. The van der Waals surface area contributed by atoms with Gasteiger partial charge < -0.3 is 5.32 Å². The molecule has 1 aliphatic carbocycles. The average Bonchev–Trinajstić information content (AvgIpc) is 2.98. The molecule has 1 heterocycles. The van der Waals surface area contributed by atoms with Gasteiger partial charge in [-0.1, -0.05) is 47.5 Å². The van der Waals surface area contributed by atoms with Gasteiger partial charge in [0.1, 0.15) is 0 Å². The second kappa shape index (κ2) is 7.33. The Morgan fingerprint density at radius 2 is 1.82 bits per heavy atom. The summed E-state index contributed by atoms with van der Waals surface area (Å²) in [7, 11) is -3.47. The van der Waals surface area contributed by atoms with Gasteiger partial charge in [0, 0.05) is 19.1 Å². The third-order valence-electron chi connectivity index (χ3n) is 5.98.